The molecule has 1 aliphatic heterocycles. The molecule has 0 amide bonds. The maximum absolute atomic E-state index is 4.50. The molecule has 0 unspecified atom stereocenters. The van der Waals surface area contributed by atoms with E-state index >= 15 is 0 Å². The fraction of sp³-hybridized carbons (Fsp3) is 0.438. The van der Waals surface area contributed by atoms with Crippen molar-refractivity contribution >= 4 is 17.4 Å². The zero-order valence-electron chi connectivity index (χ0n) is 13.8. The van der Waals surface area contributed by atoms with Crippen molar-refractivity contribution < 1.29 is 0 Å². The molecule has 124 valence electrons. The van der Waals surface area contributed by atoms with E-state index in [1.807, 2.05) is 17.5 Å². The number of aromatic nitrogens is 6. The van der Waals surface area contributed by atoms with Crippen molar-refractivity contribution in [3.8, 4) is 0 Å². The van der Waals surface area contributed by atoms with Crippen LogP contribution >= 0.6 is 0 Å². The molecule has 1 N–H and O–H groups in total. The van der Waals surface area contributed by atoms with Crippen molar-refractivity contribution in [2.75, 3.05) is 23.3 Å². The summed E-state index contributed by atoms with van der Waals surface area (Å²) in [6.07, 6.45) is 6.98. The first-order chi connectivity index (χ1) is 11.7. The number of aryl methyl sites for hydroxylation is 1. The Morgan fingerprint density at radius 2 is 1.96 bits per heavy atom. The SMILES string of the molecule is Cc1nc2ncnn2c(N2CCC(Nc3ccncn3)CC2)c1C. The van der Waals surface area contributed by atoms with E-state index in [9.17, 15) is 0 Å². The number of hydrogen-bond donors (Lipinski definition) is 1. The van der Waals surface area contributed by atoms with E-state index in [0.29, 0.717) is 11.8 Å². The smallest absolute Gasteiger partial charge is 0.254 e. The van der Waals surface area contributed by atoms with Crippen molar-refractivity contribution in [3.05, 3.63) is 36.2 Å². The van der Waals surface area contributed by atoms with Crippen molar-refractivity contribution in [2.45, 2.75) is 32.7 Å². The van der Waals surface area contributed by atoms with Gasteiger partial charge in [-0.2, -0.15) is 14.6 Å². The van der Waals surface area contributed by atoms with E-state index < -0.39 is 0 Å². The van der Waals surface area contributed by atoms with Gasteiger partial charge in [-0.25, -0.2) is 15.0 Å². The van der Waals surface area contributed by atoms with E-state index in [-0.39, 0.29) is 0 Å². The molecule has 3 aromatic heterocycles. The van der Waals surface area contributed by atoms with Gasteiger partial charge in [-0.3, -0.25) is 0 Å². The Bertz CT molecular complexity index is 836. The van der Waals surface area contributed by atoms with Crippen molar-refractivity contribution in [2.24, 2.45) is 0 Å². The van der Waals surface area contributed by atoms with Gasteiger partial charge in [0.25, 0.3) is 5.78 Å². The third-order valence-corrected chi connectivity index (χ3v) is 4.60. The molecule has 1 saturated heterocycles. The highest BCUT2D eigenvalue weighted by Crippen LogP contribution is 2.26. The Kier molecular flexibility index (Phi) is 3.72. The third kappa shape index (κ3) is 2.64. The average Bonchev–Trinajstić information content (AvgIpc) is 3.06. The Labute approximate surface area is 140 Å². The maximum atomic E-state index is 4.50. The fourth-order valence-corrected chi connectivity index (χ4v) is 3.21. The lowest BCUT2D eigenvalue weighted by Crippen LogP contribution is -2.40. The quantitative estimate of drug-likeness (QED) is 0.783. The molecule has 8 nitrogen and oxygen atoms in total. The predicted octanol–water partition coefficient (Wildman–Crippen LogP) is 1.61. The molecule has 0 bridgehead atoms. The second-order valence-electron chi connectivity index (χ2n) is 6.12. The Morgan fingerprint density at radius 3 is 2.71 bits per heavy atom. The van der Waals surface area contributed by atoms with E-state index in [0.717, 1.165) is 48.8 Å². The van der Waals surface area contributed by atoms with Crippen LogP contribution in [0.4, 0.5) is 11.6 Å². The van der Waals surface area contributed by atoms with Crippen LogP contribution in [-0.2, 0) is 0 Å². The molecule has 3 aromatic rings. The summed E-state index contributed by atoms with van der Waals surface area (Å²) < 4.78 is 1.85. The monoisotopic (exact) mass is 324 g/mol. The largest absolute Gasteiger partial charge is 0.367 e. The highest BCUT2D eigenvalue weighted by Gasteiger charge is 2.24. The normalized spacial score (nSPS) is 15.8. The fourth-order valence-electron chi connectivity index (χ4n) is 3.21. The van der Waals surface area contributed by atoms with E-state index in [1.165, 1.54) is 0 Å². The molecular formula is C16H20N8. The van der Waals surface area contributed by atoms with E-state index in [1.54, 1.807) is 18.9 Å². The number of piperidine rings is 1. The second kappa shape index (κ2) is 6.03. The lowest BCUT2D eigenvalue weighted by Gasteiger charge is -2.34. The van der Waals surface area contributed by atoms with Crippen LogP contribution in [-0.4, -0.2) is 48.7 Å². The predicted molar refractivity (Wildman–Crippen MR) is 91.1 cm³/mol. The summed E-state index contributed by atoms with van der Waals surface area (Å²) >= 11 is 0. The van der Waals surface area contributed by atoms with Gasteiger partial charge in [-0.1, -0.05) is 0 Å². The van der Waals surface area contributed by atoms with Gasteiger partial charge in [0.2, 0.25) is 0 Å². The third-order valence-electron chi connectivity index (χ3n) is 4.60. The van der Waals surface area contributed by atoms with Crippen LogP contribution in [0.25, 0.3) is 5.78 Å². The molecule has 1 fully saturated rings. The van der Waals surface area contributed by atoms with Gasteiger partial charge in [-0.05, 0) is 32.8 Å². The number of rotatable bonds is 3. The molecule has 0 aliphatic carbocycles. The summed E-state index contributed by atoms with van der Waals surface area (Å²) in [5, 5.41) is 7.84. The minimum atomic E-state index is 0.422. The van der Waals surface area contributed by atoms with Gasteiger partial charge in [0.1, 0.15) is 24.3 Å². The van der Waals surface area contributed by atoms with Crippen molar-refractivity contribution in [3.63, 3.8) is 0 Å². The first kappa shape index (κ1) is 14.8. The number of anilines is 2. The zero-order valence-corrected chi connectivity index (χ0v) is 13.8. The molecule has 0 atom stereocenters. The zero-order chi connectivity index (χ0) is 16.5. The highest BCUT2D eigenvalue weighted by molar-refractivity contribution is 5.54. The van der Waals surface area contributed by atoms with Gasteiger partial charge < -0.3 is 10.2 Å². The number of nitrogens with zero attached hydrogens (tertiary/aromatic N) is 7. The van der Waals surface area contributed by atoms with Crippen molar-refractivity contribution in [1.82, 2.24) is 29.5 Å². The molecule has 4 rings (SSSR count). The summed E-state index contributed by atoms with van der Waals surface area (Å²) in [7, 11) is 0. The summed E-state index contributed by atoms with van der Waals surface area (Å²) in [6.45, 7) is 6.05. The van der Waals surface area contributed by atoms with E-state index in [4.69, 9.17) is 0 Å². The van der Waals surface area contributed by atoms with Crippen LogP contribution in [0.3, 0.4) is 0 Å². The van der Waals surface area contributed by atoms with Crippen LogP contribution in [0.15, 0.2) is 24.9 Å². The molecule has 4 heterocycles. The van der Waals surface area contributed by atoms with Crippen LogP contribution < -0.4 is 10.2 Å². The highest BCUT2D eigenvalue weighted by atomic mass is 15.4. The molecule has 1 aliphatic rings. The summed E-state index contributed by atoms with van der Waals surface area (Å²) in [5.41, 5.74) is 2.17. The number of nitrogens with one attached hydrogen (secondary N) is 1. The lowest BCUT2D eigenvalue weighted by molar-refractivity contribution is 0.518. The summed E-state index contributed by atoms with van der Waals surface area (Å²) in [4.78, 5) is 19.3. The minimum Gasteiger partial charge on any atom is -0.367 e. The molecular weight excluding hydrogens is 304 g/mol. The number of hydrogen-bond acceptors (Lipinski definition) is 7. The molecule has 0 radical (unpaired) electrons. The van der Waals surface area contributed by atoms with Crippen LogP contribution in [0.1, 0.15) is 24.1 Å². The topological polar surface area (TPSA) is 84.1 Å². The molecule has 0 spiro atoms. The molecule has 0 saturated carbocycles. The Balaban J connectivity index is 1.52. The van der Waals surface area contributed by atoms with Crippen molar-refractivity contribution in [1.29, 1.82) is 0 Å². The van der Waals surface area contributed by atoms with Crippen LogP contribution in [0.2, 0.25) is 0 Å². The molecule has 24 heavy (non-hydrogen) atoms. The van der Waals surface area contributed by atoms with Gasteiger partial charge in [-0.15, -0.1) is 0 Å². The Hall–Kier alpha value is -2.77. The summed E-state index contributed by atoms with van der Waals surface area (Å²) in [6, 6.07) is 2.33. The summed E-state index contributed by atoms with van der Waals surface area (Å²) in [5.74, 6) is 2.66. The first-order valence-corrected chi connectivity index (χ1v) is 8.17. The van der Waals surface area contributed by atoms with Gasteiger partial charge in [0, 0.05) is 36.6 Å². The van der Waals surface area contributed by atoms with Crippen LogP contribution in [0, 0.1) is 13.8 Å². The lowest BCUT2D eigenvalue weighted by atomic mass is 10.0. The van der Waals surface area contributed by atoms with E-state index in [2.05, 4.69) is 42.2 Å². The van der Waals surface area contributed by atoms with Crippen LogP contribution in [0.5, 0.6) is 0 Å². The molecule has 0 aromatic carbocycles. The Morgan fingerprint density at radius 1 is 1.12 bits per heavy atom. The number of fused-ring (bicyclic) bond motifs is 1. The molecule has 8 heteroatoms. The van der Waals surface area contributed by atoms with Gasteiger partial charge in [0.15, 0.2) is 0 Å². The average molecular weight is 324 g/mol. The second-order valence-corrected chi connectivity index (χ2v) is 6.12. The first-order valence-electron chi connectivity index (χ1n) is 8.17. The van der Waals surface area contributed by atoms with Gasteiger partial charge in [0.05, 0.1) is 0 Å². The standard InChI is InChI=1S/C16H20N8/c1-11-12(2)21-16-19-10-20-24(16)15(11)23-7-4-13(5-8-23)22-14-3-6-17-9-18-14/h3,6,9-10,13H,4-5,7-8H2,1-2H3,(H,17,18,22). The maximum Gasteiger partial charge on any atom is 0.254 e. The van der Waals surface area contributed by atoms with Gasteiger partial charge >= 0.3 is 0 Å². The minimum absolute atomic E-state index is 0.422.